The number of hydrogen-bond acceptors (Lipinski definition) is 5. The molecule has 144 valence electrons. The number of esters is 1. The van der Waals surface area contributed by atoms with E-state index in [-0.39, 0.29) is 15.5 Å². The minimum absolute atomic E-state index is 0.0238. The third-order valence-corrected chi connectivity index (χ3v) is 6.08. The minimum Gasteiger partial charge on any atom is -0.452 e. The molecule has 9 heteroatoms. The van der Waals surface area contributed by atoms with Crippen molar-refractivity contribution in [2.45, 2.75) is 44.0 Å². The van der Waals surface area contributed by atoms with E-state index in [0.717, 1.165) is 12.8 Å². The van der Waals surface area contributed by atoms with E-state index < -0.39 is 34.0 Å². The average Bonchev–Trinajstić information content (AvgIpc) is 3.06. The summed E-state index contributed by atoms with van der Waals surface area (Å²) in [7, 11) is -3.77. The average molecular weight is 403 g/mol. The summed E-state index contributed by atoms with van der Waals surface area (Å²) in [5.74, 6) is -1.23. The van der Waals surface area contributed by atoms with E-state index in [9.17, 15) is 18.0 Å². The third-order valence-electron chi connectivity index (χ3n) is 3.70. The van der Waals surface area contributed by atoms with Gasteiger partial charge in [0.25, 0.3) is 5.91 Å². The molecule has 0 aromatic heterocycles. The van der Waals surface area contributed by atoms with Gasteiger partial charge in [0.05, 0.1) is 10.6 Å². The lowest BCUT2D eigenvalue weighted by Crippen LogP contribution is -2.42. The Morgan fingerprint density at radius 1 is 1.23 bits per heavy atom. The van der Waals surface area contributed by atoms with E-state index in [1.807, 2.05) is 0 Å². The fourth-order valence-electron chi connectivity index (χ4n) is 2.56. The minimum atomic E-state index is -3.77. The summed E-state index contributed by atoms with van der Waals surface area (Å²) in [6, 6.07) is 3.91. The fraction of sp³-hybridized carbons (Fsp3) is 0.529. The van der Waals surface area contributed by atoms with Crippen molar-refractivity contribution in [2.75, 3.05) is 19.7 Å². The predicted octanol–water partition coefficient (Wildman–Crippen LogP) is 2.20. The number of carbonyl (C=O) groups excluding carboxylic acids is 2. The Balaban J connectivity index is 2.13. The van der Waals surface area contributed by atoms with Crippen LogP contribution >= 0.6 is 11.6 Å². The summed E-state index contributed by atoms with van der Waals surface area (Å²) in [4.78, 5) is 23.8. The molecule has 0 aliphatic carbocycles. The molecular weight excluding hydrogens is 380 g/mol. The molecule has 0 unspecified atom stereocenters. The van der Waals surface area contributed by atoms with Crippen LogP contribution in [0.2, 0.25) is 5.02 Å². The molecule has 26 heavy (non-hydrogen) atoms. The van der Waals surface area contributed by atoms with Crippen molar-refractivity contribution in [1.29, 1.82) is 0 Å². The van der Waals surface area contributed by atoms with Crippen LogP contribution in [0.1, 0.15) is 44.0 Å². The van der Waals surface area contributed by atoms with Gasteiger partial charge in [0.15, 0.2) is 6.61 Å². The van der Waals surface area contributed by atoms with Gasteiger partial charge in [0, 0.05) is 18.6 Å². The molecule has 2 rings (SSSR count). The summed E-state index contributed by atoms with van der Waals surface area (Å²) in [6.07, 6.45) is 1.59. The van der Waals surface area contributed by atoms with Crippen molar-refractivity contribution < 1.29 is 22.7 Å². The van der Waals surface area contributed by atoms with Crippen molar-refractivity contribution in [3.05, 3.63) is 28.8 Å². The van der Waals surface area contributed by atoms with Crippen LogP contribution in [0.3, 0.4) is 0 Å². The number of rotatable bonds is 5. The summed E-state index contributed by atoms with van der Waals surface area (Å²) >= 11 is 6.04. The maximum absolute atomic E-state index is 12.7. The first kappa shape index (κ1) is 20.7. The van der Waals surface area contributed by atoms with Crippen LogP contribution < -0.4 is 5.32 Å². The lowest BCUT2D eigenvalue weighted by molar-refractivity contribution is -0.125. The molecule has 0 atom stereocenters. The number of benzene rings is 1. The Morgan fingerprint density at radius 3 is 2.42 bits per heavy atom. The zero-order chi connectivity index (χ0) is 19.5. The normalized spacial score (nSPS) is 15.7. The molecule has 1 aliphatic rings. The van der Waals surface area contributed by atoms with Crippen molar-refractivity contribution >= 4 is 33.5 Å². The predicted molar refractivity (Wildman–Crippen MR) is 97.6 cm³/mol. The topological polar surface area (TPSA) is 92.8 Å². The molecule has 0 radical (unpaired) electrons. The summed E-state index contributed by atoms with van der Waals surface area (Å²) in [6.45, 7) is 5.83. The Hall–Kier alpha value is -1.64. The highest BCUT2D eigenvalue weighted by Crippen LogP contribution is 2.28. The Morgan fingerprint density at radius 2 is 1.85 bits per heavy atom. The first-order valence-electron chi connectivity index (χ1n) is 8.28. The van der Waals surface area contributed by atoms with Crippen LogP contribution in [-0.4, -0.2) is 49.8 Å². The highest BCUT2D eigenvalue weighted by Gasteiger charge is 2.30. The highest BCUT2D eigenvalue weighted by atomic mass is 35.5. The van der Waals surface area contributed by atoms with Gasteiger partial charge in [-0.05, 0) is 51.8 Å². The van der Waals surface area contributed by atoms with Gasteiger partial charge in [-0.1, -0.05) is 11.6 Å². The summed E-state index contributed by atoms with van der Waals surface area (Å²) in [5, 5.41) is 2.71. The molecule has 1 N–H and O–H groups in total. The SMILES string of the molecule is CC(C)(C)NC(=O)COC(=O)c1ccc(Cl)c(S(=O)(=O)N2CCCC2)c1. The Kier molecular flexibility index (Phi) is 6.31. The van der Waals surface area contributed by atoms with Gasteiger partial charge < -0.3 is 10.1 Å². The third kappa shape index (κ3) is 5.18. The van der Waals surface area contributed by atoms with Crippen LogP contribution in [0.25, 0.3) is 0 Å². The van der Waals surface area contributed by atoms with Crippen LogP contribution in [0.15, 0.2) is 23.1 Å². The van der Waals surface area contributed by atoms with Crippen molar-refractivity contribution in [3.8, 4) is 0 Å². The quantitative estimate of drug-likeness (QED) is 0.762. The molecule has 0 saturated carbocycles. The molecule has 1 aromatic rings. The number of carbonyl (C=O) groups is 2. The van der Waals surface area contributed by atoms with E-state index in [1.165, 1.54) is 22.5 Å². The number of amides is 1. The summed E-state index contributed by atoms with van der Waals surface area (Å²) in [5.41, 5.74) is -0.420. The van der Waals surface area contributed by atoms with Gasteiger partial charge in [0.2, 0.25) is 10.0 Å². The maximum atomic E-state index is 12.7. The first-order chi connectivity index (χ1) is 12.0. The van der Waals surface area contributed by atoms with E-state index in [4.69, 9.17) is 16.3 Å². The second kappa shape index (κ2) is 7.94. The van der Waals surface area contributed by atoms with Crippen LogP contribution in [0.4, 0.5) is 0 Å². The number of ether oxygens (including phenoxy) is 1. The fourth-order valence-corrected chi connectivity index (χ4v) is 4.58. The molecule has 1 aromatic carbocycles. The van der Waals surface area contributed by atoms with Crippen molar-refractivity contribution in [3.63, 3.8) is 0 Å². The van der Waals surface area contributed by atoms with Gasteiger partial charge in [-0.25, -0.2) is 13.2 Å². The van der Waals surface area contributed by atoms with Crippen LogP contribution in [-0.2, 0) is 19.6 Å². The second-order valence-electron chi connectivity index (χ2n) is 7.13. The highest BCUT2D eigenvalue weighted by molar-refractivity contribution is 7.89. The standard InChI is InChI=1S/C17H23ClN2O5S/c1-17(2,3)19-15(21)11-25-16(22)12-6-7-13(18)14(10-12)26(23,24)20-8-4-5-9-20/h6-7,10H,4-5,8-9,11H2,1-3H3,(H,19,21). The molecule has 1 amide bonds. The molecule has 1 aliphatic heterocycles. The zero-order valence-corrected chi connectivity index (χ0v) is 16.6. The number of nitrogens with zero attached hydrogens (tertiary/aromatic N) is 1. The molecule has 1 fully saturated rings. The monoisotopic (exact) mass is 402 g/mol. The number of sulfonamides is 1. The van der Waals surface area contributed by atoms with E-state index in [1.54, 1.807) is 20.8 Å². The first-order valence-corrected chi connectivity index (χ1v) is 10.1. The van der Waals surface area contributed by atoms with Crippen molar-refractivity contribution in [2.24, 2.45) is 0 Å². The molecular formula is C17H23ClN2O5S. The molecule has 7 nitrogen and oxygen atoms in total. The van der Waals surface area contributed by atoms with E-state index in [2.05, 4.69) is 5.32 Å². The molecule has 1 heterocycles. The van der Waals surface area contributed by atoms with Gasteiger partial charge in [-0.3, -0.25) is 4.79 Å². The van der Waals surface area contributed by atoms with Gasteiger partial charge in [-0.15, -0.1) is 0 Å². The maximum Gasteiger partial charge on any atom is 0.338 e. The largest absolute Gasteiger partial charge is 0.452 e. The summed E-state index contributed by atoms with van der Waals surface area (Å²) < 4.78 is 31.7. The van der Waals surface area contributed by atoms with Gasteiger partial charge >= 0.3 is 5.97 Å². The smallest absolute Gasteiger partial charge is 0.338 e. The van der Waals surface area contributed by atoms with E-state index >= 15 is 0 Å². The molecule has 0 bridgehead atoms. The number of hydrogen-bond donors (Lipinski definition) is 1. The van der Waals surface area contributed by atoms with E-state index in [0.29, 0.717) is 13.1 Å². The number of nitrogens with one attached hydrogen (secondary N) is 1. The van der Waals surface area contributed by atoms with Gasteiger partial charge in [-0.2, -0.15) is 4.31 Å². The van der Waals surface area contributed by atoms with Crippen LogP contribution in [0.5, 0.6) is 0 Å². The second-order valence-corrected chi connectivity index (χ2v) is 9.44. The lowest BCUT2D eigenvalue weighted by Gasteiger charge is -2.20. The van der Waals surface area contributed by atoms with Crippen molar-refractivity contribution in [1.82, 2.24) is 9.62 Å². The number of halogens is 1. The Bertz CT molecular complexity index is 796. The Labute approximate surface area is 158 Å². The zero-order valence-electron chi connectivity index (χ0n) is 15.0. The lowest BCUT2D eigenvalue weighted by atomic mass is 10.1. The van der Waals surface area contributed by atoms with Crippen LogP contribution in [0, 0.1) is 0 Å². The molecule has 1 saturated heterocycles. The molecule has 0 spiro atoms. The van der Waals surface area contributed by atoms with Gasteiger partial charge in [0.1, 0.15) is 4.90 Å².